The van der Waals surface area contributed by atoms with Gasteiger partial charge in [-0.2, -0.15) is 4.98 Å². The third-order valence-electron chi connectivity index (χ3n) is 3.84. The van der Waals surface area contributed by atoms with Crippen molar-refractivity contribution in [2.75, 3.05) is 0 Å². The SMILES string of the molecule is Cn1c(=O)c2c(nc3c(c(=O)n(C)c(=O)n3C)[n+]2[O-])n(C)c1=O. The number of aromatic nitrogens is 6. The predicted molar refractivity (Wildman–Crippen MR) is 79.2 cm³/mol. The van der Waals surface area contributed by atoms with Crippen molar-refractivity contribution < 1.29 is 4.73 Å². The zero-order valence-electron chi connectivity index (χ0n) is 12.7. The van der Waals surface area contributed by atoms with Crippen molar-refractivity contribution in [1.82, 2.24) is 23.3 Å². The van der Waals surface area contributed by atoms with Crippen molar-refractivity contribution >= 4 is 22.3 Å². The fourth-order valence-electron chi connectivity index (χ4n) is 2.46. The van der Waals surface area contributed by atoms with E-state index in [9.17, 15) is 24.4 Å². The zero-order chi connectivity index (χ0) is 17.2. The van der Waals surface area contributed by atoms with Crippen LogP contribution in [0.3, 0.4) is 0 Å². The summed E-state index contributed by atoms with van der Waals surface area (Å²) < 4.78 is 3.63. The van der Waals surface area contributed by atoms with Crippen LogP contribution in [0.25, 0.3) is 22.3 Å². The summed E-state index contributed by atoms with van der Waals surface area (Å²) in [7, 11) is 5.10. The molecule has 0 amide bonds. The number of rotatable bonds is 0. The average Bonchev–Trinajstić information content (AvgIpc) is 2.53. The molecule has 0 N–H and O–H groups in total. The Bertz CT molecular complexity index is 1150. The van der Waals surface area contributed by atoms with Crippen LogP contribution in [0.2, 0.25) is 0 Å². The lowest BCUT2D eigenvalue weighted by atomic mass is 10.4. The van der Waals surface area contributed by atoms with E-state index in [-0.39, 0.29) is 16.0 Å². The average molecular weight is 320 g/mol. The first-order chi connectivity index (χ1) is 10.7. The molecule has 0 unspecified atom stereocenters. The van der Waals surface area contributed by atoms with Gasteiger partial charge in [-0.15, -0.1) is 4.73 Å². The third-order valence-corrected chi connectivity index (χ3v) is 3.84. The molecule has 3 aromatic heterocycles. The molecular weight excluding hydrogens is 308 g/mol. The standard InChI is InChI=1S/C12H12N6O5/c1-14-7-5(9(19)16(3)11(14)21)18(23)6-8(13-7)15(2)12(22)17(4)10(6)20/h1-4H3. The Morgan fingerprint density at radius 1 is 0.739 bits per heavy atom. The summed E-state index contributed by atoms with van der Waals surface area (Å²) in [4.78, 5) is 52.4. The van der Waals surface area contributed by atoms with E-state index in [1.807, 2.05) is 0 Å². The van der Waals surface area contributed by atoms with E-state index in [2.05, 4.69) is 4.98 Å². The van der Waals surface area contributed by atoms with E-state index in [4.69, 9.17) is 0 Å². The first-order valence-electron chi connectivity index (χ1n) is 6.47. The van der Waals surface area contributed by atoms with Crippen molar-refractivity contribution in [1.29, 1.82) is 0 Å². The smallest absolute Gasteiger partial charge is 0.332 e. The van der Waals surface area contributed by atoms with E-state index in [0.717, 1.165) is 18.3 Å². The molecule has 3 rings (SSSR count). The van der Waals surface area contributed by atoms with Crippen LogP contribution in [0.15, 0.2) is 19.2 Å². The summed E-state index contributed by atoms with van der Waals surface area (Å²) in [6.45, 7) is 0. The van der Waals surface area contributed by atoms with Crippen LogP contribution in [-0.4, -0.2) is 23.3 Å². The summed E-state index contributed by atoms with van der Waals surface area (Å²) in [5, 5.41) is 12.6. The quantitative estimate of drug-likeness (QED) is 0.244. The van der Waals surface area contributed by atoms with Crippen molar-refractivity contribution in [2.24, 2.45) is 28.2 Å². The van der Waals surface area contributed by atoms with Gasteiger partial charge in [-0.1, -0.05) is 0 Å². The van der Waals surface area contributed by atoms with Crippen molar-refractivity contribution in [3.8, 4) is 0 Å². The number of aryl methyl sites for hydroxylation is 2. The van der Waals surface area contributed by atoms with Crippen molar-refractivity contribution in [3.05, 3.63) is 46.9 Å². The fraction of sp³-hybridized carbons (Fsp3) is 0.333. The molecular formula is C12H12N6O5. The van der Waals surface area contributed by atoms with E-state index < -0.39 is 33.5 Å². The lowest BCUT2D eigenvalue weighted by molar-refractivity contribution is -0.550. The highest BCUT2D eigenvalue weighted by molar-refractivity contribution is 5.76. The molecule has 0 atom stereocenters. The van der Waals surface area contributed by atoms with E-state index in [1.54, 1.807) is 0 Å². The Labute approximate surface area is 126 Å². The Hall–Kier alpha value is -3.24. The Morgan fingerprint density at radius 3 is 1.43 bits per heavy atom. The lowest BCUT2D eigenvalue weighted by Gasteiger charge is -2.10. The molecule has 0 saturated carbocycles. The largest absolute Gasteiger partial charge is 0.617 e. The molecule has 0 aromatic carbocycles. The van der Waals surface area contributed by atoms with Gasteiger partial charge in [0.2, 0.25) is 11.3 Å². The minimum Gasteiger partial charge on any atom is -0.617 e. The van der Waals surface area contributed by atoms with E-state index in [1.165, 1.54) is 28.2 Å². The molecule has 0 fully saturated rings. The molecule has 3 aromatic rings. The van der Waals surface area contributed by atoms with Crippen molar-refractivity contribution in [3.63, 3.8) is 0 Å². The van der Waals surface area contributed by atoms with Crippen LogP contribution >= 0.6 is 0 Å². The van der Waals surface area contributed by atoms with Gasteiger partial charge in [-0.05, 0) is 0 Å². The van der Waals surface area contributed by atoms with Gasteiger partial charge in [0, 0.05) is 28.2 Å². The molecule has 0 aliphatic heterocycles. The van der Waals surface area contributed by atoms with E-state index in [0.29, 0.717) is 0 Å². The topological polar surface area (TPSA) is 128 Å². The Morgan fingerprint density at radius 2 is 1.09 bits per heavy atom. The maximum absolute atomic E-state index is 12.6. The molecule has 11 nitrogen and oxygen atoms in total. The highest BCUT2D eigenvalue weighted by atomic mass is 16.5. The maximum Gasteiger partial charge on any atom is 0.332 e. The first kappa shape index (κ1) is 14.7. The second kappa shape index (κ2) is 4.38. The van der Waals surface area contributed by atoms with Gasteiger partial charge in [0.05, 0.1) is 0 Å². The molecule has 23 heavy (non-hydrogen) atoms. The van der Waals surface area contributed by atoms with Gasteiger partial charge in [-0.25, -0.2) is 9.59 Å². The molecule has 11 heteroatoms. The lowest BCUT2D eigenvalue weighted by Crippen LogP contribution is -2.49. The highest BCUT2D eigenvalue weighted by Crippen LogP contribution is 2.05. The Kier molecular flexibility index (Phi) is 2.80. The first-order valence-corrected chi connectivity index (χ1v) is 6.47. The van der Waals surface area contributed by atoms with Crippen LogP contribution in [0.1, 0.15) is 0 Å². The Balaban J connectivity index is 2.86. The van der Waals surface area contributed by atoms with Crippen molar-refractivity contribution in [2.45, 2.75) is 0 Å². The minimum atomic E-state index is -0.872. The second-order valence-electron chi connectivity index (χ2n) is 5.16. The van der Waals surface area contributed by atoms with Crippen LogP contribution < -0.4 is 27.2 Å². The molecule has 3 heterocycles. The molecule has 0 aliphatic rings. The molecule has 0 aliphatic carbocycles. The summed E-state index contributed by atoms with van der Waals surface area (Å²) in [5.41, 5.74) is -4.40. The molecule has 0 spiro atoms. The number of hydrogen-bond acceptors (Lipinski definition) is 6. The second-order valence-corrected chi connectivity index (χ2v) is 5.16. The van der Waals surface area contributed by atoms with Gasteiger partial charge in [-0.3, -0.25) is 27.9 Å². The number of fused-ring (bicyclic) bond motifs is 2. The summed E-state index contributed by atoms with van der Waals surface area (Å²) >= 11 is 0. The third kappa shape index (κ3) is 1.64. The van der Waals surface area contributed by atoms with E-state index >= 15 is 0 Å². The normalized spacial score (nSPS) is 11.5. The minimum absolute atomic E-state index is 0.126. The highest BCUT2D eigenvalue weighted by Gasteiger charge is 2.25. The molecule has 120 valence electrons. The zero-order valence-corrected chi connectivity index (χ0v) is 12.7. The number of hydrogen-bond donors (Lipinski definition) is 0. The van der Waals surface area contributed by atoms with Crippen LogP contribution in [0.5, 0.6) is 0 Å². The molecule has 0 radical (unpaired) electrons. The van der Waals surface area contributed by atoms with Gasteiger partial charge in [0.25, 0.3) is 0 Å². The molecule has 0 saturated heterocycles. The van der Waals surface area contributed by atoms with Gasteiger partial charge in [0.15, 0.2) is 0 Å². The predicted octanol–water partition coefficient (Wildman–Crippen LogP) is -3.18. The van der Waals surface area contributed by atoms with Gasteiger partial charge < -0.3 is 5.21 Å². The monoisotopic (exact) mass is 320 g/mol. The molecule has 0 bridgehead atoms. The summed E-state index contributed by atoms with van der Waals surface area (Å²) in [6, 6.07) is 0. The maximum atomic E-state index is 12.6. The van der Waals surface area contributed by atoms with Crippen LogP contribution in [0, 0.1) is 5.21 Å². The number of nitrogens with zero attached hydrogens (tertiary/aromatic N) is 6. The summed E-state index contributed by atoms with van der Waals surface area (Å²) in [5.74, 6) is 0. The van der Waals surface area contributed by atoms with Crippen LogP contribution in [0.4, 0.5) is 0 Å². The van der Waals surface area contributed by atoms with Gasteiger partial charge in [0.1, 0.15) is 0 Å². The fourth-order valence-corrected chi connectivity index (χ4v) is 2.46. The van der Waals surface area contributed by atoms with Gasteiger partial charge >= 0.3 is 33.5 Å². The summed E-state index contributed by atoms with van der Waals surface area (Å²) in [6.07, 6.45) is 0. The van der Waals surface area contributed by atoms with Crippen LogP contribution in [-0.2, 0) is 28.2 Å².